The molecule has 8 heteroatoms. The van der Waals surface area contributed by atoms with E-state index in [4.69, 9.17) is 4.74 Å². The number of rotatable bonds is 5. The van der Waals surface area contributed by atoms with Crippen molar-refractivity contribution in [1.82, 2.24) is 4.31 Å². The highest BCUT2D eigenvalue weighted by atomic mass is 32.2. The molecular formula is C15H19F2NO4S. The Balaban J connectivity index is 2.31. The fourth-order valence-electron chi connectivity index (χ4n) is 2.71. The lowest BCUT2D eigenvalue weighted by Crippen LogP contribution is -2.45. The van der Waals surface area contributed by atoms with E-state index in [2.05, 4.69) is 0 Å². The second-order valence-electron chi connectivity index (χ2n) is 5.35. The van der Waals surface area contributed by atoms with E-state index in [-0.39, 0.29) is 19.6 Å². The van der Waals surface area contributed by atoms with Gasteiger partial charge in [0.25, 0.3) is 0 Å². The molecule has 1 heterocycles. The molecule has 0 radical (unpaired) electrons. The van der Waals surface area contributed by atoms with Crippen LogP contribution in [0.3, 0.4) is 0 Å². The number of hydrogen-bond acceptors (Lipinski definition) is 4. The zero-order chi connectivity index (χ0) is 17.0. The summed E-state index contributed by atoms with van der Waals surface area (Å²) in [5, 5.41) is 0. The molecule has 0 N–H and O–H groups in total. The van der Waals surface area contributed by atoms with Crippen LogP contribution in [0.1, 0.15) is 32.6 Å². The van der Waals surface area contributed by atoms with Crippen molar-refractivity contribution in [2.45, 2.75) is 43.5 Å². The van der Waals surface area contributed by atoms with Gasteiger partial charge < -0.3 is 4.74 Å². The van der Waals surface area contributed by atoms with E-state index in [1.807, 2.05) is 0 Å². The molecule has 1 fully saturated rings. The van der Waals surface area contributed by atoms with Gasteiger partial charge in [-0.3, -0.25) is 4.79 Å². The normalized spacial score (nSPS) is 19.5. The van der Waals surface area contributed by atoms with Crippen LogP contribution in [0.15, 0.2) is 23.1 Å². The van der Waals surface area contributed by atoms with Gasteiger partial charge in [-0.25, -0.2) is 17.2 Å². The molecule has 2 rings (SSSR count). The van der Waals surface area contributed by atoms with Crippen LogP contribution >= 0.6 is 0 Å². The minimum Gasteiger partial charge on any atom is -0.466 e. The molecule has 1 aliphatic rings. The Labute approximate surface area is 134 Å². The van der Waals surface area contributed by atoms with Crippen LogP contribution in [-0.2, 0) is 19.6 Å². The molecule has 5 nitrogen and oxygen atoms in total. The quantitative estimate of drug-likeness (QED) is 0.768. The summed E-state index contributed by atoms with van der Waals surface area (Å²) in [6, 6.07) is 1.71. The van der Waals surface area contributed by atoms with Gasteiger partial charge in [-0.05, 0) is 38.0 Å². The van der Waals surface area contributed by atoms with Crippen molar-refractivity contribution in [3.63, 3.8) is 0 Å². The highest BCUT2D eigenvalue weighted by Crippen LogP contribution is 2.29. The van der Waals surface area contributed by atoms with Crippen LogP contribution in [-0.4, -0.2) is 37.9 Å². The number of carbonyl (C=O) groups excluding carboxylic acids is 1. The largest absolute Gasteiger partial charge is 0.466 e. The van der Waals surface area contributed by atoms with E-state index in [0.717, 1.165) is 22.9 Å². The Morgan fingerprint density at radius 3 is 2.78 bits per heavy atom. The number of nitrogens with zero attached hydrogens (tertiary/aromatic N) is 1. The summed E-state index contributed by atoms with van der Waals surface area (Å²) in [6.07, 6.45) is 1.76. The number of ether oxygens (including phenoxy) is 1. The maximum Gasteiger partial charge on any atom is 0.307 e. The lowest BCUT2D eigenvalue weighted by atomic mass is 10.0. The molecule has 128 valence electrons. The first-order valence-corrected chi connectivity index (χ1v) is 8.92. The number of piperidine rings is 1. The van der Waals surface area contributed by atoms with Crippen molar-refractivity contribution >= 4 is 16.0 Å². The Bertz CT molecular complexity index is 678. The summed E-state index contributed by atoms with van der Waals surface area (Å²) in [5.41, 5.74) is 0. The second kappa shape index (κ2) is 7.35. The Morgan fingerprint density at radius 1 is 1.35 bits per heavy atom. The highest BCUT2D eigenvalue weighted by Gasteiger charge is 2.36. The van der Waals surface area contributed by atoms with Crippen molar-refractivity contribution < 1.29 is 26.7 Å². The number of hydrogen-bond donors (Lipinski definition) is 0. The Morgan fingerprint density at radius 2 is 2.09 bits per heavy atom. The molecule has 23 heavy (non-hydrogen) atoms. The summed E-state index contributed by atoms with van der Waals surface area (Å²) in [7, 11) is -4.21. The average molecular weight is 347 g/mol. The van der Waals surface area contributed by atoms with Gasteiger partial charge in [0.05, 0.1) is 13.0 Å². The molecule has 1 aromatic rings. The van der Waals surface area contributed by atoms with E-state index in [9.17, 15) is 22.0 Å². The van der Waals surface area contributed by atoms with Crippen LogP contribution in [0, 0.1) is 11.6 Å². The van der Waals surface area contributed by atoms with Crippen molar-refractivity contribution in [3.8, 4) is 0 Å². The monoisotopic (exact) mass is 347 g/mol. The van der Waals surface area contributed by atoms with E-state index < -0.39 is 38.6 Å². The molecule has 0 aliphatic carbocycles. The predicted molar refractivity (Wildman–Crippen MR) is 79.1 cm³/mol. The third-order valence-electron chi connectivity index (χ3n) is 3.76. The van der Waals surface area contributed by atoms with Gasteiger partial charge in [0.1, 0.15) is 16.5 Å². The zero-order valence-corrected chi connectivity index (χ0v) is 13.6. The number of esters is 1. The summed E-state index contributed by atoms with van der Waals surface area (Å²) in [5.74, 6) is -2.34. The van der Waals surface area contributed by atoms with Gasteiger partial charge in [0.15, 0.2) is 0 Å². The molecule has 0 saturated carbocycles. The Hall–Kier alpha value is -1.54. The van der Waals surface area contributed by atoms with Gasteiger partial charge in [0.2, 0.25) is 10.0 Å². The maximum atomic E-state index is 13.9. The SMILES string of the molecule is CCOC(=O)C[C@H]1CCCCN1S(=O)(=O)c1cc(F)ccc1F. The number of carbonyl (C=O) groups is 1. The molecule has 1 atom stereocenters. The standard InChI is InChI=1S/C15H19F2NO4S/c1-2-22-15(19)10-12-5-3-4-8-18(12)23(20,21)14-9-11(16)6-7-13(14)17/h6-7,9,12H,2-5,8,10H2,1H3/t12-/m1/s1. The topological polar surface area (TPSA) is 63.7 Å². The molecule has 0 aromatic heterocycles. The first-order chi connectivity index (χ1) is 10.9. The van der Waals surface area contributed by atoms with Crippen LogP contribution in [0.5, 0.6) is 0 Å². The van der Waals surface area contributed by atoms with Gasteiger partial charge in [-0.15, -0.1) is 0 Å². The molecule has 0 spiro atoms. The lowest BCUT2D eigenvalue weighted by molar-refractivity contribution is -0.144. The molecule has 1 aliphatic heterocycles. The molecule has 0 amide bonds. The Kier molecular flexibility index (Phi) is 5.69. The molecule has 1 aromatic carbocycles. The van der Waals surface area contributed by atoms with Crippen molar-refractivity contribution in [2.75, 3.05) is 13.2 Å². The van der Waals surface area contributed by atoms with Gasteiger partial charge >= 0.3 is 5.97 Å². The first kappa shape index (κ1) is 17.8. The summed E-state index contributed by atoms with van der Waals surface area (Å²) in [4.78, 5) is 11.0. The van der Waals surface area contributed by atoms with Crippen LogP contribution in [0.2, 0.25) is 0 Å². The van der Waals surface area contributed by atoms with E-state index in [1.165, 1.54) is 0 Å². The van der Waals surface area contributed by atoms with Crippen LogP contribution in [0.4, 0.5) is 8.78 Å². The average Bonchev–Trinajstić information content (AvgIpc) is 2.50. The minimum atomic E-state index is -4.21. The molecule has 0 unspecified atom stereocenters. The van der Waals surface area contributed by atoms with Crippen LogP contribution < -0.4 is 0 Å². The lowest BCUT2D eigenvalue weighted by Gasteiger charge is -2.34. The third-order valence-corrected chi connectivity index (χ3v) is 5.73. The third kappa shape index (κ3) is 4.06. The molecule has 1 saturated heterocycles. The van der Waals surface area contributed by atoms with Crippen LogP contribution in [0.25, 0.3) is 0 Å². The molecule has 0 bridgehead atoms. The van der Waals surface area contributed by atoms with Crippen molar-refractivity contribution in [1.29, 1.82) is 0 Å². The van der Waals surface area contributed by atoms with Crippen molar-refractivity contribution in [3.05, 3.63) is 29.8 Å². The van der Waals surface area contributed by atoms with Crippen molar-refractivity contribution in [2.24, 2.45) is 0 Å². The van der Waals surface area contributed by atoms with Gasteiger partial charge in [-0.2, -0.15) is 4.31 Å². The first-order valence-electron chi connectivity index (χ1n) is 7.48. The van der Waals surface area contributed by atoms with Gasteiger partial charge in [0, 0.05) is 12.6 Å². The number of benzene rings is 1. The minimum absolute atomic E-state index is 0.0932. The highest BCUT2D eigenvalue weighted by molar-refractivity contribution is 7.89. The number of sulfonamides is 1. The zero-order valence-electron chi connectivity index (χ0n) is 12.8. The summed E-state index contributed by atoms with van der Waals surface area (Å²) < 4.78 is 58.5. The fraction of sp³-hybridized carbons (Fsp3) is 0.533. The summed E-state index contributed by atoms with van der Waals surface area (Å²) >= 11 is 0. The molecular weight excluding hydrogens is 328 g/mol. The summed E-state index contributed by atoms with van der Waals surface area (Å²) in [6.45, 7) is 2.04. The smallest absolute Gasteiger partial charge is 0.307 e. The second-order valence-corrected chi connectivity index (χ2v) is 7.21. The predicted octanol–water partition coefficient (Wildman–Crippen LogP) is 2.46. The number of halogens is 2. The maximum absolute atomic E-state index is 13.9. The van der Waals surface area contributed by atoms with E-state index >= 15 is 0 Å². The van der Waals surface area contributed by atoms with E-state index in [1.54, 1.807) is 6.92 Å². The van der Waals surface area contributed by atoms with E-state index in [0.29, 0.717) is 18.9 Å². The fourth-order valence-corrected chi connectivity index (χ4v) is 4.48. The van der Waals surface area contributed by atoms with Gasteiger partial charge in [-0.1, -0.05) is 6.42 Å².